The largest absolute Gasteiger partial charge is 0.495 e. The van der Waals surface area contributed by atoms with E-state index in [1.807, 2.05) is 32.9 Å². The average Bonchev–Trinajstić information content (AvgIpc) is 2.55. The van der Waals surface area contributed by atoms with E-state index in [1.54, 1.807) is 24.3 Å². The Labute approximate surface area is 141 Å². The van der Waals surface area contributed by atoms with Crippen LogP contribution in [0.5, 0.6) is 5.75 Å². The van der Waals surface area contributed by atoms with E-state index in [-0.39, 0.29) is 6.61 Å². The Bertz CT molecular complexity index is 768. The number of methoxy groups -OCH3 is 1. The third-order valence-electron chi connectivity index (χ3n) is 3.79. The second-order valence-corrected chi connectivity index (χ2v) is 5.58. The number of hydrogen-bond acceptors (Lipinski definition) is 4. The number of hydrogen-bond donors (Lipinski definition) is 1. The van der Waals surface area contributed by atoms with Gasteiger partial charge in [-0.2, -0.15) is 0 Å². The Morgan fingerprint density at radius 3 is 2.54 bits per heavy atom. The molecule has 24 heavy (non-hydrogen) atoms. The molecule has 0 fully saturated rings. The smallest absolute Gasteiger partial charge is 0.338 e. The van der Waals surface area contributed by atoms with Gasteiger partial charge >= 0.3 is 5.97 Å². The summed E-state index contributed by atoms with van der Waals surface area (Å²) in [6.45, 7) is 5.32. The standard InChI is InChI=1S/C19H21NO4/c1-12-8-9-17(23-4)16(10-12)20-18(21)11-24-19(22)15-7-5-6-13(2)14(15)3/h5-10H,11H2,1-4H3,(H,20,21). The van der Waals surface area contributed by atoms with Gasteiger partial charge in [0.25, 0.3) is 5.91 Å². The highest BCUT2D eigenvalue weighted by Gasteiger charge is 2.14. The first-order valence-electron chi connectivity index (χ1n) is 7.60. The van der Waals surface area contributed by atoms with Crippen LogP contribution in [0.4, 0.5) is 5.69 Å². The number of amides is 1. The fourth-order valence-corrected chi connectivity index (χ4v) is 2.29. The Morgan fingerprint density at radius 1 is 1.08 bits per heavy atom. The lowest BCUT2D eigenvalue weighted by Gasteiger charge is -2.12. The molecule has 2 aromatic rings. The molecule has 0 radical (unpaired) electrons. The first-order valence-corrected chi connectivity index (χ1v) is 7.60. The summed E-state index contributed by atoms with van der Waals surface area (Å²) in [5, 5.41) is 2.69. The van der Waals surface area contributed by atoms with Crippen LogP contribution in [0.2, 0.25) is 0 Å². The van der Waals surface area contributed by atoms with Gasteiger partial charge in [-0.25, -0.2) is 4.79 Å². The van der Waals surface area contributed by atoms with Crippen LogP contribution in [-0.2, 0) is 9.53 Å². The van der Waals surface area contributed by atoms with Crippen molar-refractivity contribution in [2.24, 2.45) is 0 Å². The van der Waals surface area contributed by atoms with E-state index in [4.69, 9.17) is 9.47 Å². The molecule has 0 saturated heterocycles. The SMILES string of the molecule is COc1ccc(C)cc1NC(=O)COC(=O)c1cccc(C)c1C. The van der Waals surface area contributed by atoms with Gasteiger partial charge in [-0.15, -0.1) is 0 Å². The maximum absolute atomic E-state index is 12.1. The second kappa shape index (κ2) is 7.64. The second-order valence-electron chi connectivity index (χ2n) is 5.58. The van der Waals surface area contributed by atoms with Gasteiger partial charge in [0.2, 0.25) is 0 Å². The van der Waals surface area contributed by atoms with Gasteiger partial charge in [-0.05, 0) is 55.7 Å². The van der Waals surface area contributed by atoms with Crippen molar-refractivity contribution in [3.05, 3.63) is 58.7 Å². The van der Waals surface area contributed by atoms with Crippen molar-refractivity contribution in [1.29, 1.82) is 0 Å². The molecule has 1 N–H and O–H groups in total. The number of anilines is 1. The predicted molar refractivity (Wildman–Crippen MR) is 92.6 cm³/mol. The fourth-order valence-electron chi connectivity index (χ4n) is 2.29. The van der Waals surface area contributed by atoms with Gasteiger partial charge in [-0.1, -0.05) is 18.2 Å². The van der Waals surface area contributed by atoms with Crippen molar-refractivity contribution in [3.8, 4) is 5.75 Å². The van der Waals surface area contributed by atoms with Gasteiger partial charge in [0.05, 0.1) is 18.4 Å². The molecule has 2 rings (SSSR count). The van der Waals surface area contributed by atoms with E-state index < -0.39 is 11.9 Å². The Balaban J connectivity index is 2.00. The highest BCUT2D eigenvalue weighted by Crippen LogP contribution is 2.25. The number of benzene rings is 2. The number of esters is 1. The van der Waals surface area contributed by atoms with Crippen LogP contribution in [0.3, 0.4) is 0 Å². The molecule has 2 aromatic carbocycles. The summed E-state index contributed by atoms with van der Waals surface area (Å²) in [5.74, 6) is -0.380. The van der Waals surface area contributed by atoms with E-state index in [0.29, 0.717) is 17.0 Å². The summed E-state index contributed by atoms with van der Waals surface area (Å²) in [5.41, 5.74) is 3.85. The minimum Gasteiger partial charge on any atom is -0.495 e. The van der Waals surface area contributed by atoms with Crippen molar-refractivity contribution in [2.45, 2.75) is 20.8 Å². The van der Waals surface area contributed by atoms with Crippen LogP contribution in [0.1, 0.15) is 27.0 Å². The first-order chi connectivity index (χ1) is 11.4. The molecule has 0 unspecified atom stereocenters. The summed E-state index contributed by atoms with van der Waals surface area (Å²) in [6.07, 6.45) is 0. The molecule has 126 valence electrons. The summed E-state index contributed by atoms with van der Waals surface area (Å²) in [7, 11) is 1.53. The molecule has 5 heteroatoms. The average molecular weight is 327 g/mol. The lowest BCUT2D eigenvalue weighted by molar-refractivity contribution is -0.119. The zero-order valence-corrected chi connectivity index (χ0v) is 14.3. The number of carbonyl (C=O) groups is 2. The quantitative estimate of drug-likeness (QED) is 0.855. The van der Waals surface area contributed by atoms with Gasteiger partial charge in [0, 0.05) is 0 Å². The molecule has 0 aliphatic rings. The zero-order valence-electron chi connectivity index (χ0n) is 14.3. The minimum absolute atomic E-state index is 0.358. The monoisotopic (exact) mass is 327 g/mol. The van der Waals surface area contributed by atoms with E-state index in [2.05, 4.69) is 5.32 Å². The maximum Gasteiger partial charge on any atom is 0.338 e. The molecule has 0 heterocycles. The van der Waals surface area contributed by atoms with Crippen molar-refractivity contribution in [2.75, 3.05) is 19.0 Å². The lowest BCUT2D eigenvalue weighted by Crippen LogP contribution is -2.21. The number of carbonyl (C=O) groups excluding carboxylic acids is 2. The molecule has 0 spiro atoms. The third kappa shape index (κ3) is 4.13. The van der Waals surface area contributed by atoms with Crippen LogP contribution < -0.4 is 10.1 Å². The van der Waals surface area contributed by atoms with Crippen LogP contribution in [0.25, 0.3) is 0 Å². The van der Waals surface area contributed by atoms with Gasteiger partial charge in [0.15, 0.2) is 6.61 Å². The molecule has 0 saturated carbocycles. The summed E-state index contributed by atoms with van der Waals surface area (Å²) in [4.78, 5) is 24.2. The Morgan fingerprint density at radius 2 is 1.83 bits per heavy atom. The molecule has 5 nitrogen and oxygen atoms in total. The molecule has 0 aromatic heterocycles. The molecular weight excluding hydrogens is 306 g/mol. The van der Waals surface area contributed by atoms with Crippen molar-refractivity contribution in [1.82, 2.24) is 0 Å². The van der Waals surface area contributed by atoms with Gasteiger partial charge < -0.3 is 14.8 Å². The Kier molecular flexibility index (Phi) is 5.58. The molecule has 0 aliphatic heterocycles. The topological polar surface area (TPSA) is 64.6 Å². The molecule has 0 atom stereocenters. The minimum atomic E-state index is -0.512. The van der Waals surface area contributed by atoms with E-state index in [1.165, 1.54) is 7.11 Å². The van der Waals surface area contributed by atoms with E-state index in [0.717, 1.165) is 16.7 Å². The zero-order chi connectivity index (χ0) is 17.7. The lowest BCUT2D eigenvalue weighted by atomic mass is 10.0. The predicted octanol–water partition coefficient (Wildman–Crippen LogP) is 3.42. The van der Waals surface area contributed by atoms with E-state index >= 15 is 0 Å². The normalized spacial score (nSPS) is 10.2. The third-order valence-corrected chi connectivity index (χ3v) is 3.79. The number of aryl methyl sites for hydroxylation is 2. The fraction of sp³-hybridized carbons (Fsp3) is 0.263. The molecule has 1 amide bonds. The van der Waals surface area contributed by atoms with Crippen LogP contribution in [0, 0.1) is 20.8 Å². The highest BCUT2D eigenvalue weighted by atomic mass is 16.5. The molecule has 0 bridgehead atoms. The maximum atomic E-state index is 12.1. The summed E-state index contributed by atoms with van der Waals surface area (Å²) >= 11 is 0. The van der Waals surface area contributed by atoms with Crippen molar-refractivity contribution in [3.63, 3.8) is 0 Å². The summed E-state index contributed by atoms with van der Waals surface area (Å²) < 4.78 is 10.3. The van der Waals surface area contributed by atoms with Crippen LogP contribution >= 0.6 is 0 Å². The highest BCUT2D eigenvalue weighted by molar-refractivity contribution is 5.97. The van der Waals surface area contributed by atoms with Gasteiger partial charge in [0.1, 0.15) is 5.75 Å². The first kappa shape index (κ1) is 17.5. The summed E-state index contributed by atoms with van der Waals surface area (Å²) in [6, 6.07) is 10.8. The van der Waals surface area contributed by atoms with Crippen molar-refractivity contribution < 1.29 is 19.1 Å². The Hall–Kier alpha value is -2.82. The van der Waals surface area contributed by atoms with Gasteiger partial charge in [-0.3, -0.25) is 4.79 Å². The van der Waals surface area contributed by atoms with Crippen LogP contribution in [0.15, 0.2) is 36.4 Å². The van der Waals surface area contributed by atoms with Crippen LogP contribution in [-0.4, -0.2) is 25.6 Å². The molecular formula is C19H21NO4. The molecule has 0 aliphatic carbocycles. The van der Waals surface area contributed by atoms with Crippen molar-refractivity contribution >= 4 is 17.6 Å². The van der Waals surface area contributed by atoms with E-state index in [9.17, 15) is 9.59 Å². The number of nitrogens with one attached hydrogen (secondary N) is 1. The number of rotatable bonds is 5. The number of ether oxygens (including phenoxy) is 2.